The predicted molar refractivity (Wildman–Crippen MR) is 82.7 cm³/mol. The molecule has 2 aromatic heterocycles. The Labute approximate surface area is 119 Å². The van der Waals surface area contributed by atoms with Crippen LogP contribution in [0.5, 0.6) is 0 Å². The fourth-order valence-corrected chi connectivity index (χ4v) is 2.74. The zero-order valence-corrected chi connectivity index (χ0v) is 13.4. The highest BCUT2D eigenvalue weighted by atomic mass is 32.1. The van der Waals surface area contributed by atoms with Crippen LogP contribution in [0.2, 0.25) is 0 Å². The SMILES string of the molecule is CC(C)(C)c1cc(-c2nccs2)cnc1C(C)(C)C. The number of rotatable bonds is 1. The molecule has 0 atom stereocenters. The Morgan fingerprint density at radius 3 is 2.11 bits per heavy atom. The molecule has 3 heteroatoms. The summed E-state index contributed by atoms with van der Waals surface area (Å²) in [5.41, 5.74) is 3.76. The predicted octanol–water partition coefficient (Wildman–Crippen LogP) is 4.80. The fourth-order valence-electron chi connectivity index (χ4n) is 2.12. The first kappa shape index (κ1) is 14.2. The van der Waals surface area contributed by atoms with Gasteiger partial charge in [-0.3, -0.25) is 4.98 Å². The first-order valence-corrected chi connectivity index (χ1v) is 7.48. The lowest BCUT2D eigenvalue weighted by Crippen LogP contribution is -2.23. The van der Waals surface area contributed by atoms with Crippen molar-refractivity contribution in [2.24, 2.45) is 0 Å². The van der Waals surface area contributed by atoms with Gasteiger partial charge < -0.3 is 0 Å². The molecule has 0 spiro atoms. The van der Waals surface area contributed by atoms with Crippen molar-refractivity contribution >= 4 is 11.3 Å². The number of pyridine rings is 1. The summed E-state index contributed by atoms with van der Waals surface area (Å²) < 4.78 is 0. The minimum absolute atomic E-state index is 0.0595. The van der Waals surface area contributed by atoms with Crippen molar-refractivity contribution in [3.8, 4) is 10.6 Å². The van der Waals surface area contributed by atoms with Gasteiger partial charge in [0.25, 0.3) is 0 Å². The van der Waals surface area contributed by atoms with Crippen molar-refractivity contribution in [1.29, 1.82) is 0 Å². The molecule has 2 nitrogen and oxygen atoms in total. The molecule has 0 unspecified atom stereocenters. The maximum Gasteiger partial charge on any atom is 0.124 e. The maximum absolute atomic E-state index is 4.74. The van der Waals surface area contributed by atoms with Gasteiger partial charge in [-0.15, -0.1) is 11.3 Å². The average molecular weight is 274 g/mol. The minimum atomic E-state index is 0.0595. The third-order valence-corrected chi connectivity index (χ3v) is 3.91. The Hall–Kier alpha value is -1.22. The third-order valence-electron chi connectivity index (χ3n) is 3.09. The lowest BCUT2D eigenvalue weighted by Gasteiger charge is -2.29. The van der Waals surface area contributed by atoms with Crippen LogP contribution < -0.4 is 0 Å². The van der Waals surface area contributed by atoms with E-state index < -0.39 is 0 Å². The molecular weight excluding hydrogens is 252 g/mol. The molecular formula is C16H22N2S. The van der Waals surface area contributed by atoms with Gasteiger partial charge in [0.2, 0.25) is 0 Å². The quantitative estimate of drug-likeness (QED) is 0.746. The van der Waals surface area contributed by atoms with Crippen molar-refractivity contribution in [1.82, 2.24) is 9.97 Å². The zero-order chi connectivity index (χ0) is 14.3. The summed E-state index contributed by atoms with van der Waals surface area (Å²) in [6.07, 6.45) is 3.79. The highest BCUT2D eigenvalue weighted by molar-refractivity contribution is 7.13. The van der Waals surface area contributed by atoms with E-state index in [4.69, 9.17) is 4.98 Å². The Morgan fingerprint density at radius 1 is 0.947 bits per heavy atom. The van der Waals surface area contributed by atoms with E-state index in [9.17, 15) is 0 Å². The standard InChI is InChI=1S/C16H22N2S/c1-15(2,3)12-9-11(14-17-7-8-19-14)10-18-13(12)16(4,5)6/h7-10H,1-6H3. The summed E-state index contributed by atoms with van der Waals surface area (Å²) in [6, 6.07) is 2.26. The van der Waals surface area contributed by atoms with Gasteiger partial charge in [-0.25, -0.2) is 4.98 Å². The molecule has 0 aliphatic heterocycles. The third kappa shape index (κ3) is 3.03. The molecule has 2 rings (SSSR count). The summed E-state index contributed by atoms with van der Waals surface area (Å²) in [4.78, 5) is 9.12. The average Bonchev–Trinajstić information content (AvgIpc) is 2.79. The molecule has 0 saturated heterocycles. The molecule has 2 heterocycles. The first-order valence-electron chi connectivity index (χ1n) is 6.60. The van der Waals surface area contributed by atoms with Gasteiger partial charge in [0.05, 0.1) is 0 Å². The van der Waals surface area contributed by atoms with Gasteiger partial charge in [0.1, 0.15) is 5.01 Å². The van der Waals surface area contributed by atoms with E-state index in [1.807, 2.05) is 17.8 Å². The summed E-state index contributed by atoms with van der Waals surface area (Å²) in [6.45, 7) is 13.4. The van der Waals surface area contributed by atoms with Crippen LogP contribution in [0, 0.1) is 0 Å². The van der Waals surface area contributed by atoms with Crippen molar-refractivity contribution < 1.29 is 0 Å². The summed E-state index contributed by atoms with van der Waals surface area (Å²) in [5.74, 6) is 0. The monoisotopic (exact) mass is 274 g/mol. The fraction of sp³-hybridized carbons (Fsp3) is 0.500. The van der Waals surface area contributed by atoms with E-state index in [2.05, 4.69) is 52.6 Å². The summed E-state index contributed by atoms with van der Waals surface area (Å²) >= 11 is 1.66. The maximum atomic E-state index is 4.74. The largest absolute Gasteiger partial charge is 0.260 e. The van der Waals surface area contributed by atoms with Crippen molar-refractivity contribution in [3.63, 3.8) is 0 Å². The normalized spacial score (nSPS) is 12.7. The van der Waals surface area contributed by atoms with Crippen molar-refractivity contribution in [3.05, 3.63) is 35.1 Å². The van der Waals surface area contributed by atoms with Gasteiger partial charge in [-0.1, -0.05) is 41.5 Å². The lowest BCUT2D eigenvalue weighted by molar-refractivity contribution is 0.514. The van der Waals surface area contributed by atoms with E-state index in [0.29, 0.717) is 0 Å². The summed E-state index contributed by atoms with van der Waals surface area (Å²) in [7, 11) is 0. The molecule has 0 saturated carbocycles. The molecule has 0 fully saturated rings. The van der Waals surface area contributed by atoms with Crippen LogP contribution in [0.3, 0.4) is 0 Å². The molecule has 0 amide bonds. The van der Waals surface area contributed by atoms with E-state index in [1.165, 1.54) is 11.3 Å². The van der Waals surface area contributed by atoms with E-state index >= 15 is 0 Å². The first-order chi connectivity index (χ1) is 8.69. The van der Waals surface area contributed by atoms with Crippen LogP contribution in [-0.2, 0) is 10.8 Å². The Morgan fingerprint density at radius 2 is 1.63 bits per heavy atom. The highest BCUT2D eigenvalue weighted by Crippen LogP contribution is 2.35. The molecule has 0 aliphatic carbocycles. The number of aromatic nitrogens is 2. The van der Waals surface area contributed by atoms with E-state index in [-0.39, 0.29) is 10.8 Å². The van der Waals surface area contributed by atoms with Crippen LogP contribution in [0.15, 0.2) is 23.8 Å². The molecule has 0 aliphatic rings. The van der Waals surface area contributed by atoms with Gasteiger partial charge in [0, 0.05) is 34.4 Å². The van der Waals surface area contributed by atoms with Crippen LogP contribution >= 0.6 is 11.3 Å². The van der Waals surface area contributed by atoms with Crippen LogP contribution in [0.1, 0.15) is 52.8 Å². The molecule has 0 aromatic carbocycles. The Balaban J connectivity index is 2.61. The second-order valence-corrected chi connectivity index (χ2v) is 7.85. The number of thiazole rings is 1. The Bertz CT molecular complexity index is 557. The second-order valence-electron chi connectivity index (χ2n) is 6.96. The molecule has 19 heavy (non-hydrogen) atoms. The smallest absolute Gasteiger partial charge is 0.124 e. The second kappa shape index (κ2) is 4.71. The van der Waals surface area contributed by atoms with Gasteiger partial charge in [-0.2, -0.15) is 0 Å². The topological polar surface area (TPSA) is 25.8 Å². The van der Waals surface area contributed by atoms with Crippen molar-refractivity contribution in [2.75, 3.05) is 0 Å². The van der Waals surface area contributed by atoms with Crippen LogP contribution in [0.25, 0.3) is 10.6 Å². The molecule has 0 radical (unpaired) electrons. The lowest BCUT2D eigenvalue weighted by atomic mass is 9.78. The van der Waals surface area contributed by atoms with E-state index in [0.717, 1.165) is 10.6 Å². The molecule has 102 valence electrons. The minimum Gasteiger partial charge on any atom is -0.260 e. The number of nitrogens with zero attached hydrogens (tertiary/aromatic N) is 2. The van der Waals surface area contributed by atoms with Crippen LogP contribution in [0.4, 0.5) is 0 Å². The Kier molecular flexibility index (Phi) is 3.52. The molecule has 2 aromatic rings. The van der Waals surface area contributed by atoms with Crippen LogP contribution in [-0.4, -0.2) is 9.97 Å². The van der Waals surface area contributed by atoms with Crippen molar-refractivity contribution in [2.45, 2.75) is 52.4 Å². The van der Waals surface area contributed by atoms with Gasteiger partial charge in [0.15, 0.2) is 0 Å². The molecule has 0 N–H and O–H groups in total. The van der Waals surface area contributed by atoms with Gasteiger partial charge in [-0.05, 0) is 17.0 Å². The number of hydrogen-bond acceptors (Lipinski definition) is 3. The number of hydrogen-bond donors (Lipinski definition) is 0. The van der Waals surface area contributed by atoms with Gasteiger partial charge >= 0.3 is 0 Å². The zero-order valence-electron chi connectivity index (χ0n) is 12.6. The molecule has 0 bridgehead atoms. The van der Waals surface area contributed by atoms with E-state index in [1.54, 1.807) is 11.3 Å². The summed E-state index contributed by atoms with van der Waals surface area (Å²) in [5, 5.41) is 3.04. The highest BCUT2D eigenvalue weighted by Gasteiger charge is 2.27.